The predicted octanol–water partition coefficient (Wildman–Crippen LogP) is 3.73. The molecule has 0 saturated carbocycles. The van der Waals surface area contributed by atoms with Gasteiger partial charge in [-0.05, 0) is 11.1 Å². The number of benzene rings is 2. The van der Waals surface area contributed by atoms with Crippen LogP contribution in [0.4, 0.5) is 0 Å². The normalized spacial score (nSPS) is 10.7. The SMILES string of the molecule is O=c1sc(-c2nc(O)c(-c3ccccc3)c(=O)s2)nc(O)c1-c1ccccc1. The monoisotopic (exact) mass is 408 g/mol. The summed E-state index contributed by atoms with van der Waals surface area (Å²) in [7, 11) is 0. The number of aromatic nitrogens is 2. The van der Waals surface area contributed by atoms with Gasteiger partial charge in [0.1, 0.15) is 11.1 Å². The van der Waals surface area contributed by atoms with Crippen molar-refractivity contribution in [2.45, 2.75) is 0 Å². The highest BCUT2D eigenvalue weighted by molar-refractivity contribution is 7.19. The van der Waals surface area contributed by atoms with E-state index in [4.69, 9.17) is 0 Å². The summed E-state index contributed by atoms with van der Waals surface area (Å²) in [6.45, 7) is 0. The van der Waals surface area contributed by atoms with Gasteiger partial charge in [-0.15, -0.1) is 0 Å². The average Bonchev–Trinajstić information content (AvgIpc) is 2.68. The zero-order valence-electron chi connectivity index (χ0n) is 14.2. The Morgan fingerprint density at radius 2 is 0.964 bits per heavy atom. The summed E-state index contributed by atoms with van der Waals surface area (Å²) in [5, 5.41) is 20.7. The van der Waals surface area contributed by atoms with Gasteiger partial charge in [-0.2, -0.15) is 9.97 Å². The highest BCUT2D eigenvalue weighted by atomic mass is 32.1. The van der Waals surface area contributed by atoms with Gasteiger partial charge in [0.2, 0.25) is 21.2 Å². The Kier molecular flexibility index (Phi) is 4.72. The van der Waals surface area contributed by atoms with Crippen molar-refractivity contribution in [2.24, 2.45) is 0 Å². The molecule has 4 rings (SSSR count). The number of rotatable bonds is 3. The van der Waals surface area contributed by atoms with Gasteiger partial charge in [0.05, 0.1) is 0 Å². The smallest absolute Gasteiger partial charge is 0.247 e. The molecule has 0 bridgehead atoms. The van der Waals surface area contributed by atoms with Gasteiger partial charge in [0.15, 0.2) is 10.0 Å². The van der Waals surface area contributed by atoms with Gasteiger partial charge in [-0.1, -0.05) is 83.3 Å². The van der Waals surface area contributed by atoms with E-state index in [-0.39, 0.29) is 21.1 Å². The van der Waals surface area contributed by atoms with Crippen LogP contribution < -0.4 is 9.48 Å². The first-order valence-electron chi connectivity index (χ1n) is 8.14. The van der Waals surface area contributed by atoms with Crippen molar-refractivity contribution < 1.29 is 10.2 Å². The van der Waals surface area contributed by atoms with Gasteiger partial charge >= 0.3 is 0 Å². The van der Waals surface area contributed by atoms with Crippen molar-refractivity contribution in [1.29, 1.82) is 0 Å². The third kappa shape index (κ3) is 3.30. The molecular formula is C20H12N2O4S2. The molecule has 0 spiro atoms. The minimum absolute atomic E-state index is 0.0687. The molecule has 0 atom stereocenters. The second-order valence-electron chi connectivity index (χ2n) is 5.74. The third-order valence-corrected chi connectivity index (χ3v) is 5.82. The fraction of sp³-hybridized carbons (Fsp3) is 0. The van der Waals surface area contributed by atoms with Crippen LogP contribution in [0.15, 0.2) is 70.3 Å². The molecule has 4 aromatic rings. The van der Waals surface area contributed by atoms with E-state index in [2.05, 4.69) is 9.97 Å². The first-order valence-corrected chi connectivity index (χ1v) is 9.77. The number of aromatic hydroxyl groups is 2. The molecule has 2 N–H and O–H groups in total. The van der Waals surface area contributed by atoms with Crippen LogP contribution in [0, 0.1) is 0 Å². The molecule has 2 heterocycles. The molecule has 28 heavy (non-hydrogen) atoms. The molecule has 2 aromatic carbocycles. The van der Waals surface area contributed by atoms with Gasteiger partial charge < -0.3 is 10.2 Å². The van der Waals surface area contributed by atoms with Crippen molar-refractivity contribution in [1.82, 2.24) is 9.97 Å². The molecule has 2 aromatic heterocycles. The summed E-state index contributed by atoms with van der Waals surface area (Å²) in [6.07, 6.45) is 0. The van der Waals surface area contributed by atoms with Crippen LogP contribution in [0.1, 0.15) is 0 Å². The van der Waals surface area contributed by atoms with Crippen molar-refractivity contribution in [3.8, 4) is 44.0 Å². The highest BCUT2D eigenvalue weighted by Crippen LogP contribution is 2.32. The largest absolute Gasteiger partial charge is 0.493 e. The number of hydrogen-bond acceptors (Lipinski definition) is 8. The van der Waals surface area contributed by atoms with Crippen molar-refractivity contribution in [3.63, 3.8) is 0 Å². The van der Waals surface area contributed by atoms with Crippen LogP contribution in [0.2, 0.25) is 0 Å². The molecule has 0 aliphatic heterocycles. The third-order valence-electron chi connectivity index (χ3n) is 3.96. The Morgan fingerprint density at radius 1 is 0.607 bits per heavy atom. The van der Waals surface area contributed by atoms with E-state index in [1.807, 2.05) is 0 Å². The van der Waals surface area contributed by atoms with Crippen molar-refractivity contribution in [2.75, 3.05) is 0 Å². The zero-order valence-corrected chi connectivity index (χ0v) is 15.8. The molecule has 6 nitrogen and oxygen atoms in total. The second kappa shape index (κ2) is 7.34. The quantitative estimate of drug-likeness (QED) is 0.536. The van der Waals surface area contributed by atoms with Crippen molar-refractivity contribution >= 4 is 22.7 Å². The Hall–Kier alpha value is -3.36. The van der Waals surface area contributed by atoms with E-state index in [9.17, 15) is 19.8 Å². The van der Waals surface area contributed by atoms with Crippen LogP contribution in [-0.4, -0.2) is 20.2 Å². The Balaban J connectivity index is 1.83. The molecule has 0 aliphatic rings. The fourth-order valence-corrected chi connectivity index (χ4v) is 4.45. The maximum Gasteiger partial charge on any atom is 0.247 e. The summed E-state index contributed by atoms with van der Waals surface area (Å²) in [5.41, 5.74) is 1.27. The van der Waals surface area contributed by atoms with E-state index in [0.29, 0.717) is 11.1 Å². The lowest BCUT2D eigenvalue weighted by atomic mass is 10.1. The van der Waals surface area contributed by atoms with Crippen LogP contribution in [0.5, 0.6) is 11.8 Å². The summed E-state index contributed by atoms with van der Waals surface area (Å²) < 4.78 is -0.830. The maximum absolute atomic E-state index is 12.5. The molecule has 0 unspecified atom stereocenters. The Morgan fingerprint density at radius 3 is 1.29 bits per heavy atom. The highest BCUT2D eigenvalue weighted by Gasteiger charge is 2.19. The first-order chi connectivity index (χ1) is 13.5. The molecule has 138 valence electrons. The lowest BCUT2D eigenvalue weighted by Crippen LogP contribution is -2.05. The van der Waals surface area contributed by atoms with Crippen LogP contribution in [0.3, 0.4) is 0 Å². The summed E-state index contributed by atoms with van der Waals surface area (Å²) >= 11 is 1.51. The lowest BCUT2D eigenvalue weighted by molar-refractivity contribution is 0.454. The fourth-order valence-electron chi connectivity index (χ4n) is 2.70. The molecule has 0 saturated heterocycles. The molecule has 8 heteroatoms. The van der Waals surface area contributed by atoms with Gasteiger partial charge in [0, 0.05) is 0 Å². The van der Waals surface area contributed by atoms with E-state index < -0.39 is 21.2 Å². The van der Waals surface area contributed by atoms with E-state index in [1.165, 1.54) is 0 Å². The number of hydrogen-bond donors (Lipinski definition) is 2. The Labute approximate surface area is 166 Å². The molecule has 0 radical (unpaired) electrons. The minimum Gasteiger partial charge on any atom is -0.493 e. The van der Waals surface area contributed by atoms with Crippen molar-refractivity contribution in [3.05, 3.63) is 79.7 Å². The maximum atomic E-state index is 12.5. The standard InChI is InChI=1S/C20H12N2O4S2/c23-15-13(11-7-3-1-4-8-11)19(25)27-17(21-15)18-22-16(24)14(20(26)28-18)12-9-5-2-6-10-12/h1-10,23-24H. The number of nitrogens with zero attached hydrogens (tertiary/aromatic N) is 2. The van der Waals surface area contributed by atoms with Gasteiger partial charge in [-0.25, -0.2) is 0 Å². The van der Waals surface area contributed by atoms with Gasteiger partial charge in [0.25, 0.3) is 0 Å². The minimum atomic E-state index is -0.446. The lowest BCUT2D eigenvalue weighted by Gasteiger charge is -2.06. The zero-order chi connectivity index (χ0) is 19.7. The second-order valence-corrected chi connectivity index (χ2v) is 7.67. The first kappa shape index (κ1) is 18.0. The Bertz CT molecular complexity index is 1170. The van der Waals surface area contributed by atoms with Gasteiger partial charge in [-0.3, -0.25) is 9.59 Å². The van der Waals surface area contributed by atoms with E-state index in [1.54, 1.807) is 60.7 Å². The molecule has 0 fully saturated rings. The molecule has 0 aliphatic carbocycles. The summed E-state index contributed by atoms with van der Waals surface area (Å²) in [4.78, 5) is 33.2. The molecule has 0 amide bonds. The molecular weight excluding hydrogens is 396 g/mol. The van der Waals surface area contributed by atoms with Crippen LogP contribution in [0.25, 0.3) is 32.3 Å². The van der Waals surface area contributed by atoms with Crippen LogP contribution >= 0.6 is 22.7 Å². The van der Waals surface area contributed by atoms with Crippen LogP contribution in [-0.2, 0) is 0 Å². The topological polar surface area (TPSA) is 100 Å². The van der Waals surface area contributed by atoms with E-state index in [0.717, 1.165) is 22.7 Å². The summed E-state index contributed by atoms with van der Waals surface area (Å²) in [6, 6.07) is 17.4. The van der Waals surface area contributed by atoms with E-state index >= 15 is 0 Å². The average molecular weight is 408 g/mol. The predicted molar refractivity (Wildman–Crippen MR) is 110 cm³/mol. The summed E-state index contributed by atoms with van der Waals surface area (Å²) in [5.74, 6) is -0.893.